The molecule has 0 saturated heterocycles. The van der Waals surface area contributed by atoms with E-state index in [9.17, 15) is 0 Å². The van der Waals surface area contributed by atoms with Crippen LogP contribution in [0.2, 0.25) is 0 Å². The van der Waals surface area contributed by atoms with Gasteiger partial charge in [0.15, 0.2) is 0 Å². The lowest BCUT2D eigenvalue weighted by molar-refractivity contribution is 0.615. The van der Waals surface area contributed by atoms with Gasteiger partial charge in [-0.25, -0.2) is 0 Å². The first-order valence-corrected chi connectivity index (χ1v) is 14.7. The van der Waals surface area contributed by atoms with E-state index in [4.69, 9.17) is 8.39 Å². The highest BCUT2D eigenvalue weighted by atomic mass is 31.1. The molecule has 0 unspecified atom stereocenters. The molecule has 0 N–H and O–H groups in total. The van der Waals surface area contributed by atoms with Crippen molar-refractivity contribution in [1.29, 1.82) is 0 Å². The molecule has 0 amide bonds. The Morgan fingerprint density at radius 1 is 0.575 bits per heavy atom. The SMILES string of the molecule is C[C@H](c1ccccc1)N(C1=C/C=C\C=C/C=C\1)p1oc2ccc3ccccc3c2c2c(ccc3ccccc32)o1. The van der Waals surface area contributed by atoms with Crippen molar-refractivity contribution in [3.8, 4) is 0 Å². The maximum Gasteiger partial charge on any atom is 0.342 e. The molecule has 0 aliphatic heterocycles. The molecule has 1 aromatic heterocycles. The average Bonchev–Trinajstić information content (AvgIpc) is 3.16. The van der Waals surface area contributed by atoms with E-state index in [1.807, 2.05) is 18.2 Å². The molecule has 7 rings (SSSR count). The van der Waals surface area contributed by atoms with Gasteiger partial charge in [-0.05, 0) is 58.3 Å². The summed E-state index contributed by atoms with van der Waals surface area (Å²) in [7, 11) is -1.60. The molecule has 0 radical (unpaired) electrons. The van der Waals surface area contributed by atoms with Gasteiger partial charge in [-0.15, -0.1) is 0 Å². The van der Waals surface area contributed by atoms with Crippen molar-refractivity contribution in [3.63, 3.8) is 0 Å². The molecule has 3 nitrogen and oxygen atoms in total. The van der Waals surface area contributed by atoms with Crippen LogP contribution in [0.25, 0.3) is 43.5 Å². The van der Waals surface area contributed by atoms with E-state index in [0.29, 0.717) is 0 Å². The Balaban J connectivity index is 1.61. The molecule has 1 heterocycles. The second kappa shape index (κ2) is 10.4. The third kappa shape index (κ3) is 4.35. The summed E-state index contributed by atoms with van der Waals surface area (Å²) < 4.78 is 16.2. The molecule has 0 bridgehead atoms. The van der Waals surface area contributed by atoms with Crippen molar-refractivity contribution in [2.45, 2.75) is 13.0 Å². The summed E-state index contributed by atoms with van der Waals surface area (Å²) in [5.41, 5.74) is 3.87. The van der Waals surface area contributed by atoms with Crippen LogP contribution >= 0.6 is 8.16 Å². The lowest BCUT2D eigenvalue weighted by Crippen LogP contribution is -2.22. The van der Waals surface area contributed by atoms with E-state index in [1.165, 1.54) is 16.3 Å². The fourth-order valence-electron chi connectivity index (χ4n) is 5.49. The molecule has 6 aromatic rings. The first kappa shape index (κ1) is 24.3. The number of hydrogen-bond donors (Lipinski definition) is 0. The van der Waals surface area contributed by atoms with Gasteiger partial charge in [0.2, 0.25) is 0 Å². The molecule has 0 fully saturated rings. The van der Waals surface area contributed by atoms with E-state index in [2.05, 4.69) is 139 Å². The molecule has 4 heteroatoms. The molecule has 1 aliphatic rings. The van der Waals surface area contributed by atoms with Crippen molar-refractivity contribution in [2.75, 3.05) is 4.67 Å². The zero-order valence-electron chi connectivity index (χ0n) is 22.1. The maximum absolute atomic E-state index is 6.98. The molecular formula is C36H28NO2P. The zero-order chi connectivity index (χ0) is 26.9. The van der Waals surface area contributed by atoms with E-state index >= 15 is 0 Å². The third-order valence-electron chi connectivity index (χ3n) is 7.45. The highest BCUT2D eigenvalue weighted by Gasteiger charge is 2.25. The molecule has 40 heavy (non-hydrogen) atoms. The van der Waals surface area contributed by atoms with Gasteiger partial charge in [-0.2, -0.15) is 0 Å². The van der Waals surface area contributed by atoms with Crippen LogP contribution in [0.1, 0.15) is 18.5 Å². The van der Waals surface area contributed by atoms with Crippen molar-refractivity contribution in [2.24, 2.45) is 0 Å². The Morgan fingerprint density at radius 3 is 1.77 bits per heavy atom. The fraction of sp³-hybridized carbons (Fsp3) is 0.0556. The lowest BCUT2D eigenvalue weighted by Gasteiger charge is -2.29. The molecule has 0 spiro atoms. The number of rotatable bonds is 4. The normalized spacial score (nSPS) is 17.6. The van der Waals surface area contributed by atoms with Crippen molar-refractivity contribution < 1.29 is 8.39 Å². The van der Waals surface area contributed by atoms with Gasteiger partial charge in [-0.3, -0.25) is 4.67 Å². The maximum atomic E-state index is 6.98. The molecule has 194 valence electrons. The van der Waals surface area contributed by atoms with Gasteiger partial charge >= 0.3 is 8.16 Å². The molecule has 0 saturated carbocycles. The Bertz CT molecular complexity index is 1930. The standard InChI is InChI=1S/C36H28NO2P/c1-26(27-14-6-5-7-15-27)37(30-18-8-3-2-4-9-19-30)40-38-33-24-22-28-16-10-12-20-31(28)35(33)36-32-21-13-11-17-29(32)23-25-34(36)39-40/h2-26H,1H3/b3-2-,4-2?,8-3?,9-4-,18-8-,19-9?,30-18?,30-19+/t26-/m1/s1. The van der Waals surface area contributed by atoms with Gasteiger partial charge in [-0.1, -0.05) is 121 Å². The summed E-state index contributed by atoms with van der Waals surface area (Å²) >= 11 is 0. The van der Waals surface area contributed by atoms with Crippen LogP contribution in [0, 0.1) is 0 Å². The highest BCUT2D eigenvalue weighted by Crippen LogP contribution is 2.46. The summed E-state index contributed by atoms with van der Waals surface area (Å²) in [6.45, 7) is 2.21. The fourth-order valence-corrected chi connectivity index (χ4v) is 7.08. The first-order chi connectivity index (χ1) is 19.8. The zero-order valence-corrected chi connectivity index (χ0v) is 23.0. The molecular weight excluding hydrogens is 509 g/mol. The van der Waals surface area contributed by atoms with Crippen LogP contribution in [0.3, 0.4) is 0 Å². The topological polar surface area (TPSA) is 29.5 Å². The Kier molecular flexibility index (Phi) is 6.36. The van der Waals surface area contributed by atoms with Gasteiger partial charge in [0.25, 0.3) is 0 Å². The number of nitrogens with zero attached hydrogens (tertiary/aromatic N) is 1. The Labute approximate surface area is 234 Å². The van der Waals surface area contributed by atoms with E-state index < -0.39 is 8.16 Å². The van der Waals surface area contributed by atoms with Gasteiger partial charge in [0.1, 0.15) is 11.2 Å². The van der Waals surface area contributed by atoms with Gasteiger partial charge in [0, 0.05) is 10.8 Å². The largest absolute Gasteiger partial charge is 0.404 e. The quantitative estimate of drug-likeness (QED) is 0.224. The highest BCUT2D eigenvalue weighted by molar-refractivity contribution is 7.39. The monoisotopic (exact) mass is 537 g/mol. The lowest BCUT2D eigenvalue weighted by atomic mass is 9.99. The van der Waals surface area contributed by atoms with Crippen molar-refractivity contribution in [1.82, 2.24) is 0 Å². The summed E-state index contributed by atoms with van der Waals surface area (Å²) in [6.07, 6.45) is 14.5. The minimum absolute atomic E-state index is 0.00840. The first-order valence-electron chi connectivity index (χ1n) is 13.5. The van der Waals surface area contributed by atoms with Crippen molar-refractivity contribution >= 4 is 51.6 Å². The van der Waals surface area contributed by atoms with E-state index in [0.717, 1.165) is 38.4 Å². The van der Waals surface area contributed by atoms with Crippen molar-refractivity contribution in [3.05, 3.63) is 157 Å². The van der Waals surface area contributed by atoms with Crippen LogP contribution in [0.5, 0.6) is 0 Å². The minimum atomic E-state index is -1.60. The Hall–Kier alpha value is -4.72. The molecule has 1 aliphatic carbocycles. The second-order valence-corrected chi connectivity index (χ2v) is 11.2. The number of fused-ring (bicyclic) bond motifs is 7. The average molecular weight is 538 g/mol. The second-order valence-electron chi connectivity index (χ2n) is 9.89. The van der Waals surface area contributed by atoms with Crippen LogP contribution in [-0.2, 0) is 0 Å². The predicted octanol–water partition coefficient (Wildman–Crippen LogP) is 10.9. The third-order valence-corrected chi connectivity index (χ3v) is 9.09. The number of hydrogen-bond acceptors (Lipinski definition) is 3. The predicted molar refractivity (Wildman–Crippen MR) is 170 cm³/mol. The summed E-state index contributed by atoms with van der Waals surface area (Å²) in [5.74, 6) is 0. The van der Waals surface area contributed by atoms with Crippen LogP contribution in [-0.4, -0.2) is 0 Å². The van der Waals surface area contributed by atoms with Crippen LogP contribution in [0.4, 0.5) is 0 Å². The number of allylic oxidation sites excluding steroid dienone is 7. The Morgan fingerprint density at radius 2 is 1.12 bits per heavy atom. The van der Waals surface area contributed by atoms with Crippen LogP contribution < -0.4 is 4.67 Å². The van der Waals surface area contributed by atoms with Crippen LogP contribution in [0.15, 0.2) is 160 Å². The summed E-state index contributed by atoms with van der Waals surface area (Å²) in [6, 6.07) is 36.0. The smallest absolute Gasteiger partial charge is 0.342 e. The molecule has 5 aromatic carbocycles. The number of benzene rings is 5. The van der Waals surface area contributed by atoms with E-state index in [-0.39, 0.29) is 6.04 Å². The van der Waals surface area contributed by atoms with Gasteiger partial charge in [0.05, 0.1) is 11.7 Å². The van der Waals surface area contributed by atoms with Gasteiger partial charge < -0.3 is 8.39 Å². The van der Waals surface area contributed by atoms with E-state index in [1.54, 1.807) is 0 Å². The molecule has 1 atom stereocenters. The summed E-state index contributed by atoms with van der Waals surface area (Å²) in [4.78, 5) is 0. The minimum Gasteiger partial charge on any atom is -0.404 e. The summed E-state index contributed by atoms with van der Waals surface area (Å²) in [5, 5.41) is 6.80.